The molecule has 0 aromatic heterocycles. The standard InChI is InChI=1S/C31H38O4/c1-20-26-14-13-25(19-29(26)31(20,4)5)34-15-16-35-30-27(21(2)32-6)17-24(18-28(30)22(3)33-7)23-11-9-8-10-12-23/h8-14,17-22H,15-16H2,1-7H3. The third-order valence-electron chi connectivity index (χ3n) is 7.70. The van der Waals surface area contributed by atoms with E-state index in [0.29, 0.717) is 19.1 Å². The fourth-order valence-corrected chi connectivity index (χ4v) is 4.90. The van der Waals surface area contributed by atoms with Gasteiger partial charge in [-0.05, 0) is 71.7 Å². The van der Waals surface area contributed by atoms with Gasteiger partial charge in [-0.15, -0.1) is 0 Å². The van der Waals surface area contributed by atoms with Crippen LogP contribution in [0.25, 0.3) is 11.1 Å². The SMILES string of the molecule is COC(C)c1cc(-c2ccccc2)cc(C(C)OC)c1OCCOc1ccc2c(c1)C(C)(C)C2C. The van der Waals surface area contributed by atoms with Gasteiger partial charge in [0.05, 0.1) is 12.2 Å². The molecule has 0 fully saturated rings. The van der Waals surface area contributed by atoms with Gasteiger partial charge >= 0.3 is 0 Å². The lowest BCUT2D eigenvalue weighted by atomic mass is 9.59. The fourth-order valence-electron chi connectivity index (χ4n) is 4.90. The second-order valence-corrected chi connectivity index (χ2v) is 10.00. The van der Waals surface area contributed by atoms with Gasteiger partial charge in [-0.3, -0.25) is 0 Å². The van der Waals surface area contributed by atoms with Crippen molar-refractivity contribution in [3.8, 4) is 22.6 Å². The summed E-state index contributed by atoms with van der Waals surface area (Å²) in [5.41, 5.74) is 7.28. The number of hydrogen-bond donors (Lipinski definition) is 0. The maximum Gasteiger partial charge on any atom is 0.131 e. The van der Waals surface area contributed by atoms with Crippen LogP contribution in [0, 0.1) is 0 Å². The molecule has 0 radical (unpaired) electrons. The van der Waals surface area contributed by atoms with Gasteiger partial charge in [-0.25, -0.2) is 0 Å². The van der Waals surface area contributed by atoms with Crippen molar-refractivity contribution in [3.63, 3.8) is 0 Å². The molecule has 0 aliphatic heterocycles. The Morgan fingerprint density at radius 2 is 1.37 bits per heavy atom. The van der Waals surface area contributed by atoms with E-state index in [1.54, 1.807) is 14.2 Å². The van der Waals surface area contributed by atoms with Crippen LogP contribution in [0.4, 0.5) is 0 Å². The minimum absolute atomic E-state index is 0.130. The van der Waals surface area contributed by atoms with Crippen LogP contribution in [-0.4, -0.2) is 27.4 Å². The molecule has 1 aliphatic rings. The average molecular weight is 475 g/mol. The molecule has 35 heavy (non-hydrogen) atoms. The Bertz CT molecular complexity index is 1120. The molecule has 3 aromatic rings. The van der Waals surface area contributed by atoms with Crippen LogP contribution in [0.1, 0.15) is 75.0 Å². The average Bonchev–Trinajstić information content (AvgIpc) is 2.90. The highest BCUT2D eigenvalue weighted by Gasteiger charge is 2.41. The van der Waals surface area contributed by atoms with Gasteiger partial charge in [-0.2, -0.15) is 0 Å². The maximum absolute atomic E-state index is 6.37. The first kappa shape index (κ1) is 25.3. The van der Waals surface area contributed by atoms with Crippen molar-refractivity contribution in [3.05, 3.63) is 82.9 Å². The number of methoxy groups -OCH3 is 2. The van der Waals surface area contributed by atoms with Gasteiger partial charge in [0.2, 0.25) is 0 Å². The van der Waals surface area contributed by atoms with Crippen molar-refractivity contribution in [1.29, 1.82) is 0 Å². The van der Waals surface area contributed by atoms with Crippen molar-refractivity contribution in [2.45, 2.75) is 58.2 Å². The van der Waals surface area contributed by atoms with Gasteiger partial charge in [-0.1, -0.05) is 57.2 Å². The first-order valence-corrected chi connectivity index (χ1v) is 12.5. The molecule has 3 unspecified atom stereocenters. The van der Waals surface area contributed by atoms with E-state index < -0.39 is 0 Å². The minimum atomic E-state index is -0.130. The second-order valence-electron chi connectivity index (χ2n) is 10.00. The summed E-state index contributed by atoms with van der Waals surface area (Å²) in [6.07, 6.45) is -0.260. The quantitative estimate of drug-likeness (QED) is 0.283. The second kappa shape index (κ2) is 10.4. The summed E-state index contributed by atoms with van der Waals surface area (Å²) in [4.78, 5) is 0. The Kier molecular flexibility index (Phi) is 7.53. The van der Waals surface area contributed by atoms with Crippen molar-refractivity contribution in [2.75, 3.05) is 27.4 Å². The van der Waals surface area contributed by atoms with E-state index in [1.807, 2.05) is 19.9 Å². The molecule has 0 saturated carbocycles. The molecule has 4 nitrogen and oxygen atoms in total. The smallest absolute Gasteiger partial charge is 0.131 e. The van der Waals surface area contributed by atoms with E-state index in [2.05, 4.69) is 75.4 Å². The molecule has 0 saturated heterocycles. The van der Waals surface area contributed by atoms with Gasteiger partial charge in [0.15, 0.2) is 0 Å². The van der Waals surface area contributed by atoms with E-state index in [9.17, 15) is 0 Å². The highest BCUT2D eigenvalue weighted by molar-refractivity contribution is 5.68. The molecule has 3 aromatic carbocycles. The summed E-state index contributed by atoms with van der Waals surface area (Å²) in [6.45, 7) is 11.8. The summed E-state index contributed by atoms with van der Waals surface area (Å²) in [5.74, 6) is 2.28. The first-order valence-electron chi connectivity index (χ1n) is 12.5. The van der Waals surface area contributed by atoms with Crippen LogP contribution >= 0.6 is 0 Å². The van der Waals surface area contributed by atoms with Crippen LogP contribution in [0.2, 0.25) is 0 Å². The zero-order chi connectivity index (χ0) is 25.2. The van der Waals surface area contributed by atoms with E-state index in [0.717, 1.165) is 33.8 Å². The predicted octanol–water partition coefficient (Wildman–Crippen LogP) is 7.62. The van der Waals surface area contributed by atoms with Gasteiger partial charge < -0.3 is 18.9 Å². The number of hydrogen-bond acceptors (Lipinski definition) is 4. The normalized spacial score (nSPS) is 17.7. The molecule has 0 bridgehead atoms. The van der Waals surface area contributed by atoms with Crippen molar-refractivity contribution in [1.82, 2.24) is 0 Å². The highest BCUT2D eigenvalue weighted by Crippen LogP contribution is 2.51. The lowest BCUT2D eigenvalue weighted by molar-refractivity contribution is 0.105. The molecule has 4 rings (SSSR count). The number of ether oxygens (including phenoxy) is 4. The molecule has 4 heteroatoms. The minimum Gasteiger partial charge on any atom is -0.490 e. The van der Waals surface area contributed by atoms with E-state index in [-0.39, 0.29) is 17.6 Å². The van der Waals surface area contributed by atoms with E-state index in [1.165, 1.54) is 11.1 Å². The number of benzene rings is 3. The van der Waals surface area contributed by atoms with Gasteiger partial charge in [0, 0.05) is 25.3 Å². The topological polar surface area (TPSA) is 36.9 Å². The van der Waals surface area contributed by atoms with Crippen molar-refractivity contribution in [2.24, 2.45) is 0 Å². The van der Waals surface area contributed by atoms with Crippen LogP contribution in [-0.2, 0) is 14.9 Å². The Morgan fingerprint density at radius 1 is 0.771 bits per heavy atom. The van der Waals surface area contributed by atoms with Crippen LogP contribution in [0.3, 0.4) is 0 Å². The Labute approximate surface area is 210 Å². The van der Waals surface area contributed by atoms with Crippen LogP contribution < -0.4 is 9.47 Å². The molecule has 186 valence electrons. The maximum atomic E-state index is 6.37. The summed E-state index contributed by atoms with van der Waals surface area (Å²) >= 11 is 0. The third-order valence-corrected chi connectivity index (χ3v) is 7.70. The zero-order valence-electron chi connectivity index (χ0n) is 22.1. The Balaban J connectivity index is 1.55. The summed E-state index contributed by atoms with van der Waals surface area (Å²) in [5, 5.41) is 0. The molecular weight excluding hydrogens is 436 g/mol. The highest BCUT2D eigenvalue weighted by atomic mass is 16.5. The molecule has 1 aliphatic carbocycles. The largest absolute Gasteiger partial charge is 0.490 e. The molecule has 3 atom stereocenters. The molecule has 0 amide bonds. The lowest BCUT2D eigenvalue weighted by Gasteiger charge is -2.45. The molecular formula is C31H38O4. The Hall–Kier alpha value is -2.82. The molecule has 0 spiro atoms. The summed E-state index contributed by atoms with van der Waals surface area (Å²) < 4.78 is 23.9. The Morgan fingerprint density at radius 3 is 1.97 bits per heavy atom. The third kappa shape index (κ3) is 4.96. The lowest BCUT2D eigenvalue weighted by Crippen LogP contribution is -2.36. The summed E-state index contributed by atoms with van der Waals surface area (Å²) in [7, 11) is 3.44. The predicted molar refractivity (Wildman–Crippen MR) is 142 cm³/mol. The molecule has 0 heterocycles. The van der Waals surface area contributed by atoms with E-state index in [4.69, 9.17) is 18.9 Å². The summed E-state index contributed by atoms with van der Waals surface area (Å²) in [6, 6.07) is 21.1. The monoisotopic (exact) mass is 474 g/mol. The van der Waals surface area contributed by atoms with Gasteiger partial charge in [0.1, 0.15) is 24.7 Å². The molecule has 0 N–H and O–H groups in total. The van der Waals surface area contributed by atoms with Crippen LogP contribution in [0.5, 0.6) is 11.5 Å². The van der Waals surface area contributed by atoms with Crippen LogP contribution in [0.15, 0.2) is 60.7 Å². The van der Waals surface area contributed by atoms with E-state index >= 15 is 0 Å². The zero-order valence-corrected chi connectivity index (χ0v) is 22.1. The van der Waals surface area contributed by atoms with Gasteiger partial charge in [0.25, 0.3) is 0 Å². The first-order chi connectivity index (χ1) is 16.8. The van der Waals surface area contributed by atoms with Crippen molar-refractivity contribution >= 4 is 0 Å². The fraction of sp³-hybridized carbons (Fsp3) is 0.419. The number of rotatable bonds is 10. The van der Waals surface area contributed by atoms with Crippen molar-refractivity contribution < 1.29 is 18.9 Å². The number of fused-ring (bicyclic) bond motifs is 1.